The SMILES string of the molecule is CCOC(=O)c1c(NC(=O)[C@@H](C)n2c(-n3nc(C)cc3C)nc(CC)cc2=O)sc2c1CCCC2. The van der Waals surface area contributed by atoms with Gasteiger partial charge in [-0.15, -0.1) is 11.3 Å². The topological polar surface area (TPSA) is 108 Å². The van der Waals surface area contributed by atoms with Crippen LogP contribution in [0.4, 0.5) is 5.00 Å². The van der Waals surface area contributed by atoms with Gasteiger partial charge >= 0.3 is 5.97 Å². The largest absolute Gasteiger partial charge is 0.462 e. The molecule has 1 N–H and O–H groups in total. The number of anilines is 1. The third kappa shape index (κ3) is 4.80. The summed E-state index contributed by atoms with van der Waals surface area (Å²) in [5.41, 5.74) is 3.29. The molecule has 1 aliphatic rings. The molecule has 0 fully saturated rings. The highest BCUT2D eigenvalue weighted by molar-refractivity contribution is 7.17. The van der Waals surface area contributed by atoms with Gasteiger partial charge in [0.05, 0.1) is 17.9 Å². The molecule has 1 atom stereocenters. The first kappa shape index (κ1) is 24.8. The number of esters is 1. The standard InChI is InChI=1S/C25H31N5O4S/c1-6-17-13-20(31)29(25(26-17)30-15(4)12-14(3)28-30)16(5)22(32)27-23-21(24(33)34-7-2)18-10-8-9-11-19(18)35-23/h12-13,16H,6-11H2,1-5H3,(H,27,32)/t16-/m1/s1. The summed E-state index contributed by atoms with van der Waals surface area (Å²) >= 11 is 1.42. The van der Waals surface area contributed by atoms with Crippen LogP contribution in [0.2, 0.25) is 0 Å². The van der Waals surface area contributed by atoms with Gasteiger partial charge in [0.2, 0.25) is 11.9 Å². The van der Waals surface area contributed by atoms with E-state index in [0.717, 1.165) is 47.5 Å². The number of nitrogens with one attached hydrogen (secondary N) is 1. The van der Waals surface area contributed by atoms with Crippen LogP contribution in [-0.2, 0) is 28.8 Å². The van der Waals surface area contributed by atoms with Gasteiger partial charge in [-0.05, 0) is 71.4 Å². The number of hydrogen-bond acceptors (Lipinski definition) is 7. The van der Waals surface area contributed by atoms with Crippen molar-refractivity contribution in [3.8, 4) is 5.95 Å². The number of thiophene rings is 1. The zero-order valence-corrected chi connectivity index (χ0v) is 21.6. The third-order valence-corrected chi connectivity index (χ3v) is 7.41. The maximum atomic E-state index is 13.5. The Balaban J connectivity index is 1.74. The molecular weight excluding hydrogens is 466 g/mol. The van der Waals surface area contributed by atoms with Crippen LogP contribution in [0.1, 0.15) is 77.5 Å². The smallest absolute Gasteiger partial charge is 0.341 e. The lowest BCUT2D eigenvalue weighted by atomic mass is 9.95. The minimum absolute atomic E-state index is 0.254. The normalized spacial score (nSPS) is 13.9. The van der Waals surface area contributed by atoms with Gasteiger partial charge < -0.3 is 10.1 Å². The van der Waals surface area contributed by atoms with Crippen molar-refractivity contribution >= 4 is 28.2 Å². The van der Waals surface area contributed by atoms with Crippen LogP contribution in [0.3, 0.4) is 0 Å². The summed E-state index contributed by atoms with van der Waals surface area (Å²) in [7, 11) is 0. The first-order chi connectivity index (χ1) is 16.7. The van der Waals surface area contributed by atoms with Crippen LogP contribution in [0, 0.1) is 13.8 Å². The Morgan fingerprint density at radius 3 is 2.60 bits per heavy atom. The second-order valence-corrected chi connectivity index (χ2v) is 9.85. The second-order valence-electron chi connectivity index (χ2n) is 8.75. The fraction of sp³-hybridized carbons (Fsp3) is 0.480. The predicted octanol–water partition coefficient (Wildman–Crippen LogP) is 3.92. The van der Waals surface area contributed by atoms with E-state index in [9.17, 15) is 14.4 Å². The molecule has 3 aromatic heterocycles. The van der Waals surface area contributed by atoms with E-state index in [-0.39, 0.29) is 12.2 Å². The molecular formula is C25H31N5O4S. The van der Waals surface area contributed by atoms with Gasteiger partial charge in [-0.1, -0.05) is 6.92 Å². The molecule has 0 aromatic carbocycles. The lowest BCUT2D eigenvalue weighted by Crippen LogP contribution is -2.35. The maximum absolute atomic E-state index is 13.5. The molecule has 1 aliphatic carbocycles. The first-order valence-electron chi connectivity index (χ1n) is 12.0. The first-order valence-corrected chi connectivity index (χ1v) is 12.8. The van der Waals surface area contributed by atoms with Crippen molar-refractivity contribution in [3.63, 3.8) is 0 Å². The Morgan fingerprint density at radius 2 is 1.94 bits per heavy atom. The molecule has 10 heteroatoms. The summed E-state index contributed by atoms with van der Waals surface area (Å²) in [6.07, 6.45) is 4.29. The zero-order chi connectivity index (χ0) is 25.3. The molecule has 0 saturated carbocycles. The predicted molar refractivity (Wildman–Crippen MR) is 135 cm³/mol. The van der Waals surface area contributed by atoms with Crippen LogP contribution < -0.4 is 10.9 Å². The highest BCUT2D eigenvalue weighted by Crippen LogP contribution is 2.39. The van der Waals surface area contributed by atoms with Crippen molar-refractivity contribution in [2.45, 2.75) is 72.8 Å². The lowest BCUT2D eigenvalue weighted by Gasteiger charge is -2.20. The monoisotopic (exact) mass is 497 g/mol. The molecule has 0 bridgehead atoms. The fourth-order valence-electron chi connectivity index (χ4n) is 4.46. The van der Waals surface area contributed by atoms with E-state index in [0.29, 0.717) is 28.6 Å². The van der Waals surface area contributed by atoms with Gasteiger partial charge in [-0.3, -0.25) is 14.2 Å². The summed E-state index contributed by atoms with van der Waals surface area (Å²) in [5.74, 6) is -0.548. The number of aromatic nitrogens is 4. The number of carbonyl (C=O) groups excluding carboxylic acids is 2. The van der Waals surface area contributed by atoms with E-state index in [4.69, 9.17) is 4.74 Å². The van der Waals surface area contributed by atoms with Gasteiger partial charge in [0.1, 0.15) is 11.0 Å². The number of rotatable bonds is 7. The van der Waals surface area contributed by atoms with Crippen LogP contribution in [0.15, 0.2) is 16.9 Å². The number of carbonyl (C=O) groups is 2. The van der Waals surface area contributed by atoms with Crippen molar-refractivity contribution in [2.24, 2.45) is 0 Å². The number of hydrogen-bond donors (Lipinski definition) is 1. The Kier molecular flexibility index (Phi) is 7.20. The Labute approximate surface area is 208 Å². The number of amides is 1. The van der Waals surface area contributed by atoms with Crippen molar-refractivity contribution < 1.29 is 14.3 Å². The van der Waals surface area contributed by atoms with E-state index in [2.05, 4.69) is 15.4 Å². The van der Waals surface area contributed by atoms with Crippen LogP contribution in [0.25, 0.3) is 5.95 Å². The number of fused-ring (bicyclic) bond motifs is 1. The summed E-state index contributed by atoms with van der Waals surface area (Å²) in [6, 6.07) is 2.45. The summed E-state index contributed by atoms with van der Waals surface area (Å²) < 4.78 is 8.24. The number of aryl methyl sites for hydroxylation is 4. The molecule has 0 radical (unpaired) electrons. The molecule has 0 spiro atoms. The molecule has 0 saturated heterocycles. The second kappa shape index (κ2) is 10.2. The van der Waals surface area contributed by atoms with Gasteiger partial charge in [0, 0.05) is 22.3 Å². The molecule has 3 aromatic rings. The summed E-state index contributed by atoms with van der Waals surface area (Å²) in [6.45, 7) is 9.32. The minimum atomic E-state index is -0.894. The highest BCUT2D eigenvalue weighted by Gasteiger charge is 2.29. The molecule has 0 unspecified atom stereocenters. The van der Waals surface area contributed by atoms with Gasteiger partial charge in [-0.25, -0.2) is 14.5 Å². The fourth-order valence-corrected chi connectivity index (χ4v) is 5.74. The third-order valence-electron chi connectivity index (χ3n) is 6.20. The molecule has 186 valence electrons. The number of ether oxygens (including phenoxy) is 1. The molecule has 3 heterocycles. The number of nitrogens with zero attached hydrogens (tertiary/aromatic N) is 4. The van der Waals surface area contributed by atoms with E-state index in [1.807, 2.05) is 26.8 Å². The average molecular weight is 498 g/mol. The highest BCUT2D eigenvalue weighted by atomic mass is 32.1. The molecule has 0 aliphatic heterocycles. The minimum Gasteiger partial charge on any atom is -0.462 e. The van der Waals surface area contributed by atoms with Gasteiger partial charge in [0.15, 0.2) is 0 Å². The van der Waals surface area contributed by atoms with Crippen molar-refractivity contribution in [1.29, 1.82) is 0 Å². The molecule has 1 amide bonds. The molecule has 35 heavy (non-hydrogen) atoms. The van der Waals surface area contributed by atoms with E-state index in [1.54, 1.807) is 18.5 Å². The lowest BCUT2D eigenvalue weighted by molar-refractivity contribution is -0.118. The Bertz CT molecular complexity index is 1340. The molecule has 9 nitrogen and oxygen atoms in total. The zero-order valence-electron chi connectivity index (χ0n) is 20.8. The van der Waals surface area contributed by atoms with Crippen LogP contribution >= 0.6 is 11.3 Å². The quantitative estimate of drug-likeness (QED) is 0.496. The van der Waals surface area contributed by atoms with Crippen LogP contribution in [0.5, 0.6) is 0 Å². The Hall–Kier alpha value is -3.27. The van der Waals surface area contributed by atoms with E-state index < -0.39 is 17.9 Å². The summed E-state index contributed by atoms with van der Waals surface area (Å²) in [5, 5.41) is 7.89. The van der Waals surface area contributed by atoms with E-state index in [1.165, 1.54) is 22.0 Å². The van der Waals surface area contributed by atoms with E-state index >= 15 is 0 Å². The Morgan fingerprint density at radius 1 is 1.20 bits per heavy atom. The van der Waals surface area contributed by atoms with Crippen molar-refractivity contribution in [1.82, 2.24) is 19.3 Å². The van der Waals surface area contributed by atoms with Gasteiger partial charge in [-0.2, -0.15) is 5.10 Å². The molecule has 4 rings (SSSR count). The van der Waals surface area contributed by atoms with Gasteiger partial charge in [0.25, 0.3) is 5.56 Å². The van der Waals surface area contributed by atoms with Crippen molar-refractivity contribution in [3.05, 3.63) is 55.6 Å². The maximum Gasteiger partial charge on any atom is 0.341 e. The average Bonchev–Trinajstić information content (AvgIpc) is 3.36. The summed E-state index contributed by atoms with van der Waals surface area (Å²) in [4.78, 5) is 45.2. The van der Waals surface area contributed by atoms with Crippen LogP contribution in [-0.4, -0.2) is 37.8 Å². The van der Waals surface area contributed by atoms with Crippen molar-refractivity contribution in [2.75, 3.05) is 11.9 Å².